The monoisotopic (exact) mass is 674 g/mol. The van der Waals surface area contributed by atoms with E-state index in [0.717, 1.165) is 22.4 Å². The maximum Gasteiger partial charge on any atom is 0.282 e. The van der Waals surface area contributed by atoms with Gasteiger partial charge in [-0.2, -0.15) is 9.78 Å². The lowest BCUT2D eigenvalue weighted by Gasteiger charge is -2.17. The lowest BCUT2D eigenvalue weighted by atomic mass is 9.96. The van der Waals surface area contributed by atoms with Gasteiger partial charge in [-0.1, -0.05) is 49.7 Å². The summed E-state index contributed by atoms with van der Waals surface area (Å²) in [4.78, 5) is 29.3. The predicted molar refractivity (Wildman–Crippen MR) is 176 cm³/mol. The van der Waals surface area contributed by atoms with E-state index in [-0.39, 0.29) is 23.8 Å². The van der Waals surface area contributed by atoms with Gasteiger partial charge in [-0.05, 0) is 87.4 Å². The van der Waals surface area contributed by atoms with Crippen molar-refractivity contribution in [3.8, 4) is 22.9 Å². The van der Waals surface area contributed by atoms with Crippen LogP contribution in [0.15, 0.2) is 87.2 Å². The Labute approximate surface area is 267 Å². The van der Waals surface area contributed by atoms with Crippen molar-refractivity contribution in [2.24, 2.45) is 5.10 Å². The van der Waals surface area contributed by atoms with Crippen LogP contribution in [0.4, 0.5) is 5.69 Å². The number of methoxy groups -OCH3 is 1. The first kappa shape index (κ1) is 30.9. The van der Waals surface area contributed by atoms with Gasteiger partial charge in [0.1, 0.15) is 12.4 Å². The van der Waals surface area contributed by atoms with E-state index in [2.05, 4.69) is 34.9 Å². The number of aryl methyl sites for hydroxylation is 1. The van der Waals surface area contributed by atoms with E-state index < -0.39 is 4.92 Å². The standard InChI is InChI=1S/C33H28BrClN4O5/c1-19(2)25-16-26(20(3)12-30(25)43-4)32-37-29-11-6-5-10-24(29)33(40)38(32)36-17-22-14-27(34)31(28(35)15-22)44-18-21-8-7-9-23(13-21)39(41)42/h5-17,19H,18H2,1-4H3. The van der Waals surface area contributed by atoms with Gasteiger partial charge < -0.3 is 9.47 Å². The predicted octanol–water partition coefficient (Wildman–Crippen LogP) is 8.29. The largest absolute Gasteiger partial charge is 0.496 e. The number of halogens is 2. The highest BCUT2D eigenvalue weighted by Gasteiger charge is 2.19. The molecule has 0 saturated heterocycles. The third kappa shape index (κ3) is 6.36. The summed E-state index contributed by atoms with van der Waals surface area (Å²) in [6, 6.07) is 20.7. The van der Waals surface area contributed by atoms with Gasteiger partial charge in [0, 0.05) is 17.7 Å². The van der Waals surface area contributed by atoms with Crippen LogP contribution in [-0.4, -0.2) is 27.9 Å². The van der Waals surface area contributed by atoms with Crippen molar-refractivity contribution in [3.63, 3.8) is 0 Å². The summed E-state index contributed by atoms with van der Waals surface area (Å²) < 4.78 is 13.4. The van der Waals surface area contributed by atoms with Crippen LogP contribution >= 0.6 is 27.5 Å². The minimum atomic E-state index is -0.457. The third-order valence-corrected chi connectivity index (χ3v) is 7.91. The number of non-ortho nitro benzene ring substituents is 1. The van der Waals surface area contributed by atoms with Crippen LogP contribution in [0.5, 0.6) is 11.5 Å². The summed E-state index contributed by atoms with van der Waals surface area (Å²) in [5.74, 6) is 1.71. The van der Waals surface area contributed by atoms with E-state index in [4.69, 9.17) is 26.1 Å². The third-order valence-electron chi connectivity index (χ3n) is 7.04. The fraction of sp³-hybridized carbons (Fsp3) is 0.182. The van der Waals surface area contributed by atoms with Crippen LogP contribution in [-0.2, 0) is 6.61 Å². The molecule has 0 amide bonds. The Hall–Kier alpha value is -4.54. The van der Waals surface area contributed by atoms with Gasteiger partial charge in [-0.3, -0.25) is 14.9 Å². The highest BCUT2D eigenvalue weighted by atomic mass is 79.9. The minimum Gasteiger partial charge on any atom is -0.496 e. The van der Waals surface area contributed by atoms with Crippen LogP contribution in [0.1, 0.15) is 42.0 Å². The van der Waals surface area contributed by atoms with E-state index in [1.807, 2.05) is 25.1 Å². The molecule has 9 nitrogen and oxygen atoms in total. The average Bonchev–Trinajstić information content (AvgIpc) is 3.00. The highest BCUT2D eigenvalue weighted by molar-refractivity contribution is 9.10. The Kier molecular flexibility index (Phi) is 9.12. The van der Waals surface area contributed by atoms with Crippen molar-refractivity contribution in [2.75, 3.05) is 7.11 Å². The molecule has 0 atom stereocenters. The van der Waals surface area contributed by atoms with Crippen molar-refractivity contribution in [3.05, 3.63) is 125 Å². The lowest BCUT2D eigenvalue weighted by Crippen LogP contribution is -2.20. The maximum atomic E-state index is 13.8. The Morgan fingerprint density at radius 3 is 2.59 bits per heavy atom. The summed E-state index contributed by atoms with van der Waals surface area (Å²) in [7, 11) is 1.64. The van der Waals surface area contributed by atoms with Crippen LogP contribution in [0, 0.1) is 17.0 Å². The Bertz CT molecular complexity index is 1970. The number of nitro benzene ring substituents is 1. The van der Waals surface area contributed by atoms with Gasteiger partial charge in [0.25, 0.3) is 11.2 Å². The van der Waals surface area contributed by atoms with Crippen LogP contribution in [0.3, 0.4) is 0 Å². The second-order valence-electron chi connectivity index (χ2n) is 10.4. The first-order valence-electron chi connectivity index (χ1n) is 13.7. The molecular weight excluding hydrogens is 648 g/mol. The molecule has 1 aromatic heterocycles. The Morgan fingerprint density at radius 1 is 1.11 bits per heavy atom. The lowest BCUT2D eigenvalue weighted by molar-refractivity contribution is -0.384. The second-order valence-corrected chi connectivity index (χ2v) is 11.7. The van der Waals surface area contributed by atoms with E-state index in [1.54, 1.807) is 49.6 Å². The van der Waals surface area contributed by atoms with Crippen molar-refractivity contribution in [1.29, 1.82) is 0 Å². The normalized spacial score (nSPS) is 11.4. The van der Waals surface area contributed by atoms with E-state index >= 15 is 0 Å². The zero-order valence-electron chi connectivity index (χ0n) is 24.4. The van der Waals surface area contributed by atoms with Crippen molar-refractivity contribution < 1.29 is 14.4 Å². The van der Waals surface area contributed by atoms with Gasteiger partial charge in [-0.25, -0.2) is 4.98 Å². The number of ether oxygens (including phenoxy) is 2. The molecule has 44 heavy (non-hydrogen) atoms. The number of nitro groups is 1. The smallest absolute Gasteiger partial charge is 0.282 e. The average molecular weight is 676 g/mol. The maximum absolute atomic E-state index is 13.8. The van der Waals surface area contributed by atoms with Gasteiger partial charge in [0.2, 0.25) is 0 Å². The fourth-order valence-corrected chi connectivity index (χ4v) is 5.79. The molecule has 0 radical (unpaired) electrons. The van der Waals surface area contributed by atoms with Crippen molar-refractivity contribution in [1.82, 2.24) is 9.66 Å². The molecule has 0 fully saturated rings. The Morgan fingerprint density at radius 2 is 1.89 bits per heavy atom. The van der Waals surface area contributed by atoms with Crippen LogP contribution in [0.2, 0.25) is 5.02 Å². The minimum absolute atomic E-state index is 0.0223. The molecule has 1 heterocycles. The first-order valence-corrected chi connectivity index (χ1v) is 14.8. The summed E-state index contributed by atoms with van der Waals surface area (Å²) in [5.41, 5.74) is 4.09. The van der Waals surface area contributed by atoms with Gasteiger partial charge in [-0.15, -0.1) is 0 Å². The number of nitrogens with zero attached hydrogens (tertiary/aromatic N) is 4. The molecule has 0 unspecified atom stereocenters. The summed E-state index contributed by atoms with van der Waals surface area (Å²) in [6.07, 6.45) is 1.53. The molecule has 0 bridgehead atoms. The fourth-order valence-electron chi connectivity index (χ4n) is 4.80. The Balaban J connectivity index is 1.54. The number of fused-ring (bicyclic) bond motifs is 1. The molecule has 224 valence electrons. The zero-order chi connectivity index (χ0) is 31.5. The number of hydrogen-bond acceptors (Lipinski definition) is 7. The van der Waals surface area contributed by atoms with Gasteiger partial charge >= 0.3 is 0 Å². The molecule has 0 aliphatic heterocycles. The topological polar surface area (TPSA) is 109 Å². The SMILES string of the molecule is COc1cc(C)c(-c2nc3ccccc3c(=O)n2N=Cc2cc(Cl)c(OCc3cccc([N+](=O)[O-])c3)c(Br)c2)cc1C(C)C. The second kappa shape index (κ2) is 13.0. The molecular formula is C33H28BrClN4O5. The van der Waals surface area contributed by atoms with Crippen molar-refractivity contribution >= 4 is 50.3 Å². The molecule has 4 aromatic carbocycles. The van der Waals surface area contributed by atoms with Crippen LogP contribution < -0.4 is 15.0 Å². The van der Waals surface area contributed by atoms with Gasteiger partial charge in [0.05, 0.1) is 38.6 Å². The molecule has 5 aromatic rings. The van der Waals surface area contributed by atoms with Gasteiger partial charge in [0.15, 0.2) is 11.6 Å². The van der Waals surface area contributed by atoms with Crippen LogP contribution in [0.25, 0.3) is 22.3 Å². The molecule has 11 heteroatoms. The number of rotatable bonds is 9. The summed E-state index contributed by atoms with van der Waals surface area (Å²) >= 11 is 10.1. The molecule has 0 spiro atoms. The molecule has 5 rings (SSSR count). The van der Waals surface area contributed by atoms with E-state index in [0.29, 0.717) is 43.1 Å². The number of benzene rings is 4. The number of aromatic nitrogens is 2. The molecule has 0 saturated carbocycles. The summed E-state index contributed by atoms with van der Waals surface area (Å²) in [5, 5.41) is 16.4. The van der Waals surface area contributed by atoms with Crippen molar-refractivity contribution in [2.45, 2.75) is 33.3 Å². The first-order chi connectivity index (χ1) is 21.1. The molecule has 0 aliphatic carbocycles. The summed E-state index contributed by atoms with van der Waals surface area (Å²) in [6.45, 7) is 6.18. The number of hydrogen-bond donors (Lipinski definition) is 0. The molecule has 0 N–H and O–H groups in total. The molecule has 0 aliphatic rings. The van der Waals surface area contributed by atoms with E-state index in [1.165, 1.54) is 23.0 Å². The van der Waals surface area contributed by atoms with E-state index in [9.17, 15) is 14.9 Å². The zero-order valence-corrected chi connectivity index (χ0v) is 26.7. The highest BCUT2D eigenvalue weighted by Crippen LogP contribution is 2.36. The quantitative estimate of drug-likeness (QED) is 0.0884. The number of para-hydroxylation sites is 1.